The summed E-state index contributed by atoms with van der Waals surface area (Å²) in [5.74, 6) is 0.650. The normalized spacial score (nSPS) is 42.5. The van der Waals surface area contributed by atoms with Gasteiger partial charge in [0, 0.05) is 12.1 Å². The fraction of sp³-hybridized carbons (Fsp3) is 0.889. The Morgan fingerprint density at radius 1 is 1.18 bits per heavy atom. The van der Waals surface area contributed by atoms with Gasteiger partial charge in [0.05, 0.1) is 6.04 Å². The Kier molecular flexibility index (Phi) is 1.05. The van der Waals surface area contributed by atoms with Crippen LogP contribution in [0.25, 0.3) is 0 Å². The van der Waals surface area contributed by atoms with Gasteiger partial charge in [0.1, 0.15) is 0 Å². The lowest BCUT2D eigenvalue weighted by molar-refractivity contribution is -0.0886. The van der Waals surface area contributed by atoms with Crippen molar-refractivity contribution < 1.29 is 0 Å². The first-order chi connectivity index (χ1) is 4.98. The van der Waals surface area contributed by atoms with Gasteiger partial charge in [-0.1, -0.05) is 27.7 Å². The molecule has 0 bridgehead atoms. The van der Waals surface area contributed by atoms with E-state index in [1.54, 1.807) is 0 Å². The second-order valence-electron chi connectivity index (χ2n) is 4.85. The number of nitrogens with zero attached hydrogens (tertiary/aromatic N) is 1. The van der Waals surface area contributed by atoms with Gasteiger partial charge in [-0.15, -0.1) is 0 Å². The highest BCUT2D eigenvalue weighted by Gasteiger charge is 2.62. The molecule has 0 amide bonds. The molecule has 2 heteroatoms. The number of rotatable bonds is 0. The molecule has 1 aliphatic carbocycles. The molecule has 1 saturated carbocycles. The first-order valence-corrected chi connectivity index (χ1v) is 4.26. The summed E-state index contributed by atoms with van der Waals surface area (Å²) in [6.07, 6.45) is 2.07. The molecule has 11 heavy (non-hydrogen) atoms. The van der Waals surface area contributed by atoms with E-state index >= 15 is 0 Å². The van der Waals surface area contributed by atoms with E-state index in [9.17, 15) is 0 Å². The van der Waals surface area contributed by atoms with Crippen LogP contribution in [0.3, 0.4) is 0 Å². The molecule has 0 spiro atoms. The fourth-order valence-corrected chi connectivity index (χ4v) is 2.32. The second kappa shape index (κ2) is 1.62. The number of hydrazone groups is 1. The zero-order valence-corrected chi connectivity index (χ0v) is 7.68. The maximum absolute atomic E-state index is 4.12. The Hall–Kier alpha value is -0.530. The molecule has 2 nitrogen and oxygen atoms in total. The van der Waals surface area contributed by atoms with Crippen molar-refractivity contribution in [2.24, 2.45) is 21.8 Å². The van der Waals surface area contributed by atoms with Gasteiger partial charge in [-0.2, -0.15) is 5.10 Å². The van der Waals surface area contributed by atoms with Crippen LogP contribution in [0.4, 0.5) is 0 Å². The minimum absolute atomic E-state index is 0.383. The van der Waals surface area contributed by atoms with Gasteiger partial charge in [-0.3, -0.25) is 0 Å². The molecule has 2 rings (SSSR count). The lowest BCUT2D eigenvalue weighted by Crippen LogP contribution is -2.65. The third-order valence-corrected chi connectivity index (χ3v) is 4.08. The standard InChI is InChI=1S/C9H16N2/c1-8(2)6-5-10-11-7(6)9(8,3)4/h5-7,11H,1-4H3. The van der Waals surface area contributed by atoms with Gasteiger partial charge in [0.25, 0.3) is 0 Å². The van der Waals surface area contributed by atoms with Crippen molar-refractivity contribution in [3.8, 4) is 0 Å². The lowest BCUT2D eigenvalue weighted by Gasteiger charge is -2.61. The first-order valence-electron chi connectivity index (χ1n) is 4.26. The number of hydrogen-bond acceptors (Lipinski definition) is 2. The predicted octanol–water partition coefficient (Wildman–Crippen LogP) is 1.63. The van der Waals surface area contributed by atoms with Crippen LogP contribution < -0.4 is 5.43 Å². The highest BCUT2D eigenvalue weighted by Crippen LogP contribution is 2.60. The molecule has 0 aromatic carbocycles. The quantitative estimate of drug-likeness (QED) is 0.560. The summed E-state index contributed by atoms with van der Waals surface area (Å²) >= 11 is 0. The van der Waals surface area contributed by atoms with Crippen molar-refractivity contribution >= 4 is 6.21 Å². The van der Waals surface area contributed by atoms with Crippen LogP contribution in [0.15, 0.2) is 5.10 Å². The van der Waals surface area contributed by atoms with E-state index in [2.05, 4.69) is 44.4 Å². The molecule has 2 atom stereocenters. The molecule has 2 aliphatic rings. The van der Waals surface area contributed by atoms with Gasteiger partial charge in [0.15, 0.2) is 0 Å². The smallest absolute Gasteiger partial charge is 0.0579 e. The Morgan fingerprint density at radius 3 is 2.36 bits per heavy atom. The molecule has 1 fully saturated rings. The van der Waals surface area contributed by atoms with E-state index in [1.807, 2.05) is 0 Å². The largest absolute Gasteiger partial charge is 0.306 e. The molecule has 0 radical (unpaired) electrons. The molecular formula is C9H16N2. The first kappa shape index (κ1) is 7.14. The average Bonchev–Trinajstić information content (AvgIpc) is 2.32. The monoisotopic (exact) mass is 152 g/mol. The third kappa shape index (κ3) is 0.569. The SMILES string of the molecule is CC1(C)C2C=NNC2C1(C)C. The number of nitrogens with one attached hydrogen (secondary N) is 1. The van der Waals surface area contributed by atoms with Crippen molar-refractivity contribution in [3.05, 3.63) is 0 Å². The van der Waals surface area contributed by atoms with E-state index in [-0.39, 0.29) is 0 Å². The molecule has 1 N–H and O–H groups in total. The summed E-state index contributed by atoms with van der Waals surface area (Å²) in [6, 6.07) is 0.581. The molecule has 0 saturated heterocycles. The van der Waals surface area contributed by atoms with Crippen molar-refractivity contribution in [1.82, 2.24) is 5.43 Å². The van der Waals surface area contributed by atoms with Crippen LogP contribution in [0.5, 0.6) is 0 Å². The van der Waals surface area contributed by atoms with E-state index in [1.165, 1.54) is 0 Å². The number of fused-ring (bicyclic) bond motifs is 1. The highest BCUT2D eigenvalue weighted by atomic mass is 15.3. The maximum atomic E-state index is 4.12. The Labute approximate surface area is 68.1 Å². The van der Waals surface area contributed by atoms with Gasteiger partial charge in [-0.25, -0.2) is 0 Å². The van der Waals surface area contributed by atoms with Gasteiger partial charge >= 0.3 is 0 Å². The van der Waals surface area contributed by atoms with Crippen molar-refractivity contribution in [3.63, 3.8) is 0 Å². The zero-order valence-electron chi connectivity index (χ0n) is 7.68. The second-order valence-corrected chi connectivity index (χ2v) is 4.85. The Balaban J connectivity index is 2.31. The van der Waals surface area contributed by atoms with Gasteiger partial charge < -0.3 is 5.43 Å². The predicted molar refractivity (Wildman–Crippen MR) is 46.5 cm³/mol. The van der Waals surface area contributed by atoms with Crippen LogP contribution in [0, 0.1) is 16.7 Å². The van der Waals surface area contributed by atoms with Crippen LogP contribution in [-0.4, -0.2) is 12.3 Å². The topological polar surface area (TPSA) is 24.4 Å². The fourth-order valence-electron chi connectivity index (χ4n) is 2.32. The van der Waals surface area contributed by atoms with Gasteiger partial charge in [0.2, 0.25) is 0 Å². The zero-order chi connectivity index (χ0) is 8.28. The van der Waals surface area contributed by atoms with Crippen molar-refractivity contribution in [2.75, 3.05) is 0 Å². The van der Waals surface area contributed by atoms with Gasteiger partial charge in [-0.05, 0) is 10.8 Å². The minimum atomic E-state index is 0.383. The molecule has 0 aromatic heterocycles. The lowest BCUT2D eigenvalue weighted by atomic mass is 9.44. The van der Waals surface area contributed by atoms with Crippen LogP contribution in [0.2, 0.25) is 0 Å². The molecule has 2 unspecified atom stereocenters. The summed E-state index contributed by atoms with van der Waals surface area (Å²) in [6.45, 7) is 9.28. The summed E-state index contributed by atoms with van der Waals surface area (Å²) in [7, 11) is 0. The van der Waals surface area contributed by atoms with E-state index in [0.29, 0.717) is 22.8 Å². The third-order valence-electron chi connectivity index (χ3n) is 4.08. The molecule has 1 aliphatic heterocycles. The van der Waals surface area contributed by atoms with Crippen LogP contribution in [0.1, 0.15) is 27.7 Å². The molecule has 0 aromatic rings. The van der Waals surface area contributed by atoms with E-state index in [0.717, 1.165) is 0 Å². The summed E-state index contributed by atoms with van der Waals surface area (Å²) in [4.78, 5) is 0. The highest BCUT2D eigenvalue weighted by molar-refractivity contribution is 5.68. The Morgan fingerprint density at radius 2 is 1.82 bits per heavy atom. The summed E-state index contributed by atoms with van der Waals surface area (Å²) in [5, 5.41) is 4.12. The minimum Gasteiger partial charge on any atom is -0.306 e. The van der Waals surface area contributed by atoms with E-state index < -0.39 is 0 Å². The van der Waals surface area contributed by atoms with E-state index in [4.69, 9.17) is 0 Å². The maximum Gasteiger partial charge on any atom is 0.0579 e. The Bertz CT molecular complexity index is 216. The van der Waals surface area contributed by atoms with Crippen LogP contribution >= 0.6 is 0 Å². The number of hydrogen-bond donors (Lipinski definition) is 1. The molecular weight excluding hydrogens is 136 g/mol. The average molecular weight is 152 g/mol. The van der Waals surface area contributed by atoms with Crippen molar-refractivity contribution in [1.29, 1.82) is 0 Å². The molecule has 62 valence electrons. The summed E-state index contributed by atoms with van der Waals surface area (Å²) < 4.78 is 0. The molecule has 1 heterocycles. The van der Waals surface area contributed by atoms with Crippen LogP contribution in [-0.2, 0) is 0 Å². The summed E-state index contributed by atoms with van der Waals surface area (Å²) in [5.41, 5.74) is 3.96. The van der Waals surface area contributed by atoms with Crippen molar-refractivity contribution in [2.45, 2.75) is 33.7 Å².